The first-order valence-electron chi connectivity index (χ1n) is 6.18. The summed E-state index contributed by atoms with van der Waals surface area (Å²) in [6.07, 6.45) is 7.05. The maximum Gasteiger partial charge on any atom is 0.128 e. The summed E-state index contributed by atoms with van der Waals surface area (Å²) < 4.78 is -1.08. The van der Waals surface area contributed by atoms with Crippen LogP contribution in [-0.2, 0) is 0 Å². The molecule has 0 nitrogen and oxygen atoms in total. The Kier molecular flexibility index (Phi) is 1.85. The van der Waals surface area contributed by atoms with E-state index in [2.05, 4.69) is 0 Å². The van der Waals surface area contributed by atoms with Gasteiger partial charge < -0.3 is 0 Å². The summed E-state index contributed by atoms with van der Waals surface area (Å²) in [7, 11) is 0. The second-order valence-electron chi connectivity index (χ2n) is 6.08. The monoisotopic (exact) mass is 298 g/mol. The first kappa shape index (κ1) is 11.0. The highest BCUT2D eigenvalue weighted by Crippen LogP contribution is 2.95. The molecule has 4 heteroatoms. The zero-order chi connectivity index (χ0) is 11.4. The number of fused-ring (bicyclic) bond motifs is 3. The fourth-order valence-corrected chi connectivity index (χ4v) is 7.98. The van der Waals surface area contributed by atoms with E-state index in [0.29, 0.717) is 11.8 Å². The second-order valence-corrected chi connectivity index (χ2v) is 8.85. The second kappa shape index (κ2) is 2.69. The molecule has 4 aliphatic carbocycles. The Morgan fingerprint density at radius 3 is 1.31 bits per heavy atom. The molecule has 0 saturated heterocycles. The molecule has 0 aromatic heterocycles. The average Bonchev–Trinajstić information content (AvgIpc) is 2.83. The quantitative estimate of drug-likeness (QED) is 0.602. The van der Waals surface area contributed by atoms with Crippen molar-refractivity contribution in [3.63, 3.8) is 0 Å². The van der Waals surface area contributed by atoms with E-state index in [0.717, 1.165) is 25.7 Å². The van der Waals surface area contributed by atoms with Crippen LogP contribution in [0.15, 0.2) is 0 Å². The third kappa shape index (κ3) is 0.787. The predicted octanol–water partition coefficient (Wildman–Crippen LogP) is 4.93. The number of halogens is 4. The highest BCUT2D eigenvalue weighted by molar-refractivity contribution is 6.54. The minimum atomic E-state index is -0.542. The molecule has 90 valence electrons. The van der Waals surface area contributed by atoms with Gasteiger partial charge in [-0.1, -0.05) is 12.8 Å². The Hall–Kier alpha value is 1.16. The van der Waals surface area contributed by atoms with Gasteiger partial charge in [-0.05, 0) is 25.7 Å². The smallest absolute Gasteiger partial charge is 0.101 e. The molecule has 4 unspecified atom stereocenters. The zero-order valence-corrected chi connectivity index (χ0v) is 11.9. The Morgan fingerprint density at radius 1 is 0.688 bits per heavy atom. The van der Waals surface area contributed by atoms with Gasteiger partial charge in [0.1, 0.15) is 8.67 Å². The van der Waals surface area contributed by atoms with Crippen LogP contribution in [0.2, 0.25) is 0 Å². The lowest BCUT2D eigenvalue weighted by Gasteiger charge is -2.28. The number of hydrogen-bond acceptors (Lipinski definition) is 0. The summed E-state index contributed by atoms with van der Waals surface area (Å²) in [5, 5.41) is 0. The van der Waals surface area contributed by atoms with Gasteiger partial charge in [-0.2, -0.15) is 0 Å². The molecular formula is C12H14Cl4. The molecule has 4 atom stereocenters. The van der Waals surface area contributed by atoms with E-state index in [1.165, 1.54) is 12.8 Å². The van der Waals surface area contributed by atoms with Crippen molar-refractivity contribution in [1.82, 2.24) is 0 Å². The summed E-state index contributed by atoms with van der Waals surface area (Å²) in [6.45, 7) is 0. The molecule has 4 aliphatic rings. The summed E-state index contributed by atoms with van der Waals surface area (Å²) in [5.74, 6) is 0.895. The summed E-state index contributed by atoms with van der Waals surface area (Å²) in [4.78, 5) is 0. The SMILES string of the molecule is ClC1(Cl)C2CCCC21C12CCCC1C2(Cl)Cl. The molecule has 4 saturated carbocycles. The Labute approximate surface area is 116 Å². The molecule has 0 radical (unpaired) electrons. The van der Waals surface area contributed by atoms with Gasteiger partial charge in [0, 0.05) is 22.7 Å². The van der Waals surface area contributed by atoms with Crippen molar-refractivity contribution < 1.29 is 0 Å². The van der Waals surface area contributed by atoms with Crippen molar-refractivity contribution in [3.05, 3.63) is 0 Å². The van der Waals surface area contributed by atoms with Gasteiger partial charge in [-0.15, -0.1) is 46.4 Å². The van der Waals surface area contributed by atoms with E-state index in [9.17, 15) is 0 Å². The predicted molar refractivity (Wildman–Crippen MR) is 68.4 cm³/mol. The van der Waals surface area contributed by atoms with Crippen LogP contribution in [0, 0.1) is 22.7 Å². The van der Waals surface area contributed by atoms with Crippen LogP contribution in [0.4, 0.5) is 0 Å². The third-order valence-electron chi connectivity index (χ3n) is 6.01. The fraction of sp³-hybridized carbons (Fsp3) is 1.00. The lowest BCUT2D eigenvalue weighted by molar-refractivity contribution is 0.246. The molecule has 16 heavy (non-hydrogen) atoms. The summed E-state index contributed by atoms with van der Waals surface area (Å²) in [5.41, 5.74) is 0.0988. The molecule has 0 bridgehead atoms. The van der Waals surface area contributed by atoms with Gasteiger partial charge in [0.25, 0.3) is 0 Å². The van der Waals surface area contributed by atoms with Crippen LogP contribution in [0.1, 0.15) is 38.5 Å². The molecule has 0 heterocycles. The Bertz CT molecular complexity index is 341. The average molecular weight is 300 g/mol. The third-order valence-corrected chi connectivity index (χ3v) is 8.41. The number of hydrogen-bond donors (Lipinski definition) is 0. The standard InChI is InChI=1S/C12H14Cl4/c13-11(14)7-3-1-5-9(7,11)10-6-2-4-8(10)12(10,15)16/h7-8H,1-6H2. The van der Waals surface area contributed by atoms with Crippen molar-refractivity contribution in [2.45, 2.75) is 47.2 Å². The van der Waals surface area contributed by atoms with Gasteiger partial charge >= 0.3 is 0 Å². The Morgan fingerprint density at radius 2 is 1.06 bits per heavy atom. The maximum absolute atomic E-state index is 6.54. The van der Waals surface area contributed by atoms with Crippen LogP contribution < -0.4 is 0 Å². The molecule has 0 spiro atoms. The van der Waals surface area contributed by atoms with Gasteiger partial charge in [-0.3, -0.25) is 0 Å². The van der Waals surface area contributed by atoms with E-state index in [4.69, 9.17) is 46.4 Å². The highest BCUT2D eigenvalue weighted by atomic mass is 35.5. The first-order valence-corrected chi connectivity index (χ1v) is 7.70. The Balaban J connectivity index is 1.83. The van der Waals surface area contributed by atoms with Crippen molar-refractivity contribution in [2.75, 3.05) is 0 Å². The molecular weight excluding hydrogens is 286 g/mol. The highest BCUT2D eigenvalue weighted by Gasteiger charge is 2.96. The van der Waals surface area contributed by atoms with Crippen molar-refractivity contribution >= 4 is 46.4 Å². The normalized spacial score (nSPS) is 59.2. The van der Waals surface area contributed by atoms with Crippen molar-refractivity contribution in [3.8, 4) is 0 Å². The molecule has 4 rings (SSSR count). The van der Waals surface area contributed by atoms with Gasteiger partial charge in [-0.25, -0.2) is 0 Å². The molecule has 0 aromatic carbocycles. The minimum absolute atomic E-state index is 0.0494. The van der Waals surface area contributed by atoms with E-state index in [1.807, 2.05) is 0 Å². The number of alkyl halides is 4. The molecule has 0 N–H and O–H groups in total. The van der Waals surface area contributed by atoms with Crippen LogP contribution >= 0.6 is 46.4 Å². The molecule has 0 aliphatic heterocycles. The summed E-state index contributed by atoms with van der Waals surface area (Å²) >= 11 is 26.2. The van der Waals surface area contributed by atoms with Crippen LogP contribution in [0.25, 0.3) is 0 Å². The van der Waals surface area contributed by atoms with E-state index in [-0.39, 0.29) is 10.8 Å². The molecule has 4 fully saturated rings. The minimum Gasteiger partial charge on any atom is -0.101 e. The topological polar surface area (TPSA) is 0 Å². The van der Waals surface area contributed by atoms with Gasteiger partial charge in [0.2, 0.25) is 0 Å². The lowest BCUT2D eigenvalue weighted by atomic mass is 9.81. The van der Waals surface area contributed by atoms with Crippen molar-refractivity contribution in [1.29, 1.82) is 0 Å². The first-order chi connectivity index (χ1) is 7.43. The summed E-state index contributed by atoms with van der Waals surface area (Å²) in [6, 6.07) is 0. The lowest BCUT2D eigenvalue weighted by Crippen LogP contribution is -2.27. The fourth-order valence-electron chi connectivity index (χ4n) is 5.44. The van der Waals surface area contributed by atoms with Gasteiger partial charge in [0.15, 0.2) is 0 Å². The molecule has 0 aromatic rings. The van der Waals surface area contributed by atoms with E-state index in [1.54, 1.807) is 0 Å². The number of rotatable bonds is 1. The maximum atomic E-state index is 6.54. The van der Waals surface area contributed by atoms with E-state index >= 15 is 0 Å². The zero-order valence-electron chi connectivity index (χ0n) is 8.91. The van der Waals surface area contributed by atoms with Crippen LogP contribution in [0.5, 0.6) is 0 Å². The largest absolute Gasteiger partial charge is 0.128 e. The van der Waals surface area contributed by atoms with Gasteiger partial charge in [0.05, 0.1) is 0 Å². The van der Waals surface area contributed by atoms with E-state index < -0.39 is 8.67 Å². The van der Waals surface area contributed by atoms with Crippen molar-refractivity contribution in [2.24, 2.45) is 22.7 Å². The van der Waals surface area contributed by atoms with Crippen LogP contribution in [0.3, 0.4) is 0 Å². The molecule has 0 amide bonds. The van der Waals surface area contributed by atoms with Crippen LogP contribution in [-0.4, -0.2) is 8.67 Å².